The molecule has 0 saturated heterocycles. The summed E-state index contributed by atoms with van der Waals surface area (Å²) in [6.45, 7) is 2.05. The number of halogens is 6. The third-order valence-corrected chi connectivity index (χ3v) is 8.72. The molecule has 1 unspecified atom stereocenters. The van der Waals surface area contributed by atoms with Gasteiger partial charge in [0.25, 0.3) is 0 Å². The van der Waals surface area contributed by atoms with Crippen LogP contribution < -0.4 is 5.30 Å². The van der Waals surface area contributed by atoms with Crippen LogP contribution in [0.4, 0.5) is 26.3 Å². The van der Waals surface area contributed by atoms with Gasteiger partial charge in [-0.2, -0.15) is 26.3 Å². The molecule has 4 nitrogen and oxygen atoms in total. The van der Waals surface area contributed by atoms with Crippen LogP contribution in [0.3, 0.4) is 0 Å². The molecule has 0 aliphatic heterocycles. The molecule has 0 spiro atoms. The average Bonchev–Trinajstić information content (AvgIpc) is 2.86. The van der Waals surface area contributed by atoms with Crippen LogP contribution in [0.5, 0.6) is 0 Å². The maximum absolute atomic E-state index is 14.0. The van der Waals surface area contributed by atoms with E-state index in [1.807, 2.05) is 0 Å². The van der Waals surface area contributed by atoms with Gasteiger partial charge in [-0.1, -0.05) is 88.3 Å². The minimum Gasteiger partial charge on any atom is -0.465 e. The zero-order valence-corrected chi connectivity index (χ0v) is 21.9. The normalized spacial score (nSPS) is 13.7. The molecule has 0 amide bonds. The molecule has 0 aliphatic carbocycles. The standard InChI is InChI=1S/C27H31F6O4P/c1-2-3-4-5-6-7-8-12-18-37-23(34)19-38(36,20-14-10-9-11-15-20)25(35)24-21(26(28,29)30)16-13-17-22(24)27(31,32)33/h9-11,13-17H,2-8,12,18-19H2,1H3. The van der Waals surface area contributed by atoms with Gasteiger partial charge in [-0.25, -0.2) is 0 Å². The molecule has 0 bridgehead atoms. The number of carbonyl (C=O) groups is 2. The van der Waals surface area contributed by atoms with Crippen molar-refractivity contribution in [3.63, 3.8) is 0 Å². The largest absolute Gasteiger partial charge is 0.465 e. The summed E-state index contributed by atoms with van der Waals surface area (Å²) >= 11 is 0. The molecule has 2 rings (SSSR count). The summed E-state index contributed by atoms with van der Waals surface area (Å²) in [6.07, 6.45) is -4.15. The van der Waals surface area contributed by atoms with Crippen molar-refractivity contribution in [3.8, 4) is 0 Å². The Morgan fingerprint density at radius 1 is 0.737 bits per heavy atom. The summed E-state index contributed by atoms with van der Waals surface area (Å²) < 4.78 is 101. The van der Waals surface area contributed by atoms with Crippen molar-refractivity contribution >= 4 is 23.9 Å². The molecule has 0 N–H and O–H groups in total. The minimum absolute atomic E-state index is 0.0658. The fraction of sp³-hybridized carbons (Fsp3) is 0.481. The van der Waals surface area contributed by atoms with Crippen LogP contribution in [-0.2, 0) is 26.4 Å². The zero-order chi connectivity index (χ0) is 28.4. The first kappa shape index (κ1) is 31.6. The zero-order valence-electron chi connectivity index (χ0n) is 21.0. The number of alkyl halides is 6. The maximum Gasteiger partial charge on any atom is 0.417 e. The Morgan fingerprint density at radius 2 is 1.24 bits per heavy atom. The van der Waals surface area contributed by atoms with Crippen molar-refractivity contribution in [2.24, 2.45) is 0 Å². The lowest BCUT2D eigenvalue weighted by molar-refractivity contribution is -0.143. The Bertz CT molecular complexity index is 1080. The Hall–Kier alpha value is -2.61. The van der Waals surface area contributed by atoms with Crippen LogP contribution in [0.15, 0.2) is 48.5 Å². The maximum atomic E-state index is 14.0. The molecule has 0 aromatic heterocycles. The lowest BCUT2D eigenvalue weighted by atomic mass is 10.0. The highest BCUT2D eigenvalue weighted by Crippen LogP contribution is 2.52. The summed E-state index contributed by atoms with van der Waals surface area (Å²) in [5.74, 6) is -1.13. The van der Waals surface area contributed by atoms with Crippen molar-refractivity contribution in [2.45, 2.75) is 70.6 Å². The smallest absolute Gasteiger partial charge is 0.417 e. The van der Waals surface area contributed by atoms with Gasteiger partial charge in [-0.15, -0.1) is 0 Å². The highest BCUT2D eigenvalue weighted by Gasteiger charge is 2.48. The first-order chi connectivity index (χ1) is 17.8. The predicted octanol–water partition coefficient (Wildman–Crippen LogP) is 8.24. The van der Waals surface area contributed by atoms with Crippen LogP contribution in [0.1, 0.15) is 79.8 Å². The lowest BCUT2D eigenvalue weighted by Crippen LogP contribution is -2.26. The molecule has 2 aromatic carbocycles. The van der Waals surface area contributed by atoms with Crippen molar-refractivity contribution in [1.82, 2.24) is 0 Å². The second-order valence-corrected chi connectivity index (χ2v) is 11.7. The monoisotopic (exact) mass is 564 g/mol. The van der Waals surface area contributed by atoms with Gasteiger partial charge in [0.05, 0.1) is 23.3 Å². The third-order valence-electron chi connectivity index (χ3n) is 6.00. The molecule has 0 aliphatic rings. The van der Waals surface area contributed by atoms with Gasteiger partial charge in [-0.05, 0) is 18.6 Å². The van der Waals surface area contributed by atoms with Gasteiger partial charge in [0.15, 0.2) is 7.14 Å². The Balaban J connectivity index is 2.29. The van der Waals surface area contributed by atoms with E-state index >= 15 is 0 Å². The fourth-order valence-electron chi connectivity index (χ4n) is 4.03. The Morgan fingerprint density at radius 3 is 1.74 bits per heavy atom. The number of ether oxygens (including phenoxy) is 1. The van der Waals surface area contributed by atoms with Crippen molar-refractivity contribution in [3.05, 3.63) is 65.2 Å². The third kappa shape index (κ3) is 8.72. The first-order valence-electron chi connectivity index (χ1n) is 12.4. The molecule has 0 heterocycles. The average molecular weight is 565 g/mol. The first-order valence-corrected chi connectivity index (χ1v) is 14.3. The summed E-state index contributed by atoms with van der Waals surface area (Å²) in [5.41, 5.74) is -7.41. The number of benzene rings is 2. The van der Waals surface area contributed by atoms with Gasteiger partial charge in [0, 0.05) is 5.30 Å². The molecule has 1 atom stereocenters. The van der Waals surface area contributed by atoms with Crippen molar-refractivity contribution in [2.75, 3.05) is 12.8 Å². The number of carbonyl (C=O) groups excluding carboxylic acids is 2. The van der Waals surface area contributed by atoms with E-state index in [4.69, 9.17) is 4.74 Å². The fourth-order valence-corrected chi connectivity index (χ4v) is 6.31. The second-order valence-electron chi connectivity index (χ2n) is 8.96. The summed E-state index contributed by atoms with van der Waals surface area (Å²) in [6, 6.07) is 7.53. The molecular formula is C27H31F6O4P. The van der Waals surface area contributed by atoms with E-state index in [1.54, 1.807) is 0 Å². The SMILES string of the molecule is CCCCCCCCCCOC(=O)CP(=O)(C(=O)c1c(C(F)(F)F)cccc1C(F)(F)F)c1ccccc1. The lowest BCUT2D eigenvalue weighted by Gasteiger charge is -2.22. The molecule has 0 saturated carbocycles. The number of hydrogen-bond donors (Lipinski definition) is 0. The quantitative estimate of drug-likeness (QED) is 0.100. The number of esters is 1. The summed E-state index contributed by atoms with van der Waals surface area (Å²) in [4.78, 5) is 25.9. The van der Waals surface area contributed by atoms with Gasteiger partial charge in [0.2, 0.25) is 5.52 Å². The van der Waals surface area contributed by atoms with Crippen LogP contribution in [0.2, 0.25) is 0 Å². The number of unbranched alkanes of at least 4 members (excludes halogenated alkanes) is 7. The number of rotatable bonds is 14. The highest BCUT2D eigenvalue weighted by atomic mass is 31.2. The molecular weight excluding hydrogens is 533 g/mol. The van der Waals surface area contributed by atoms with E-state index in [0.717, 1.165) is 57.1 Å². The van der Waals surface area contributed by atoms with Crippen molar-refractivity contribution < 1.29 is 45.2 Å². The molecule has 210 valence electrons. The van der Waals surface area contributed by atoms with Crippen LogP contribution >= 0.6 is 7.14 Å². The Kier molecular flexibility index (Phi) is 11.6. The number of hydrogen-bond acceptors (Lipinski definition) is 4. The molecule has 38 heavy (non-hydrogen) atoms. The van der Waals surface area contributed by atoms with Gasteiger partial charge >= 0.3 is 18.3 Å². The van der Waals surface area contributed by atoms with E-state index in [-0.39, 0.29) is 11.9 Å². The van der Waals surface area contributed by atoms with Gasteiger partial charge in [-0.3, -0.25) is 9.59 Å². The second kappa shape index (κ2) is 14.0. The summed E-state index contributed by atoms with van der Waals surface area (Å²) in [7, 11) is -4.82. The molecule has 0 fully saturated rings. The van der Waals surface area contributed by atoms with Crippen LogP contribution in [0, 0.1) is 0 Å². The van der Waals surface area contributed by atoms with E-state index in [0.29, 0.717) is 24.6 Å². The minimum atomic E-state index is -5.34. The Labute approximate surface area is 218 Å². The van der Waals surface area contributed by atoms with E-state index in [9.17, 15) is 40.5 Å². The molecule has 0 radical (unpaired) electrons. The molecule has 2 aromatic rings. The topological polar surface area (TPSA) is 60.4 Å². The van der Waals surface area contributed by atoms with E-state index in [2.05, 4.69) is 6.92 Å². The van der Waals surface area contributed by atoms with Crippen LogP contribution in [-0.4, -0.2) is 24.3 Å². The van der Waals surface area contributed by atoms with Gasteiger partial charge < -0.3 is 9.30 Å². The highest BCUT2D eigenvalue weighted by molar-refractivity contribution is 7.88. The van der Waals surface area contributed by atoms with Gasteiger partial charge in [0.1, 0.15) is 6.16 Å². The van der Waals surface area contributed by atoms with E-state index < -0.39 is 53.8 Å². The van der Waals surface area contributed by atoms with Crippen LogP contribution in [0.25, 0.3) is 0 Å². The predicted molar refractivity (Wildman–Crippen MR) is 133 cm³/mol. The molecule has 11 heteroatoms. The van der Waals surface area contributed by atoms with E-state index in [1.165, 1.54) is 18.2 Å². The summed E-state index contributed by atoms with van der Waals surface area (Å²) in [5, 5.41) is -0.334. The van der Waals surface area contributed by atoms with Crippen molar-refractivity contribution in [1.29, 1.82) is 0 Å².